The average molecular weight is 341 g/mol. The predicted octanol–water partition coefficient (Wildman–Crippen LogP) is 0.982. The van der Waals surface area contributed by atoms with Crippen molar-refractivity contribution in [1.82, 2.24) is 24.8 Å². The molecule has 0 unspecified atom stereocenters. The average Bonchev–Trinajstić information content (AvgIpc) is 2.66. The molecule has 3 rings (SSSR count). The SMILES string of the molecule is O=C(Cn1cccnc1=O)NC[C@@H](c1cccnc1)N1CCCCC1. The van der Waals surface area contributed by atoms with Crippen LogP contribution in [0.5, 0.6) is 0 Å². The maximum Gasteiger partial charge on any atom is 0.347 e. The summed E-state index contributed by atoms with van der Waals surface area (Å²) in [7, 11) is 0. The van der Waals surface area contributed by atoms with E-state index in [1.54, 1.807) is 18.5 Å². The van der Waals surface area contributed by atoms with Gasteiger partial charge in [0.15, 0.2) is 0 Å². The van der Waals surface area contributed by atoms with Crippen LogP contribution in [0.25, 0.3) is 0 Å². The smallest absolute Gasteiger partial charge is 0.347 e. The first-order valence-corrected chi connectivity index (χ1v) is 8.66. The number of aromatic nitrogens is 3. The lowest BCUT2D eigenvalue weighted by molar-refractivity contribution is -0.122. The van der Waals surface area contributed by atoms with Crippen molar-refractivity contribution in [1.29, 1.82) is 0 Å². The molecule has 1 aliphatic rings. The molecule has 7 nitrogen and oxygen atoms in total. The van der Waals surface area contributed by atoms with Gasteiger partial charge in [-0.3, -0.25) is 19.2 Å². The number of carbonyl (C=O) groups excluding carboxylic acids is 1. The molecule has 2 aromatic heterocycles. The standard InChI is InChI=1S/C18H23N5O2/c24-17(14-23-11-5-8-20-18(23)25)21-13-16(15-6-4-7-19-12-15)22-9-2-1-3-10-22/h4-8,11-12,16H,1-3,9-10,13-14H2,(H,21,24)/t16-/m0/s1. The van der Waals surface area contributed by atoms with Crippen molar-refractivity contribution in [2.45, 2.75) is 31.8 Å². The first-order chi connectivity index (χ1) is 12.2. The van der Waals surface area contributed by atoms with Crippen LogP contribution in [0.15, 0.2) is 47.8 Å². The van der Waals surface area contributed by atoms with Crippen LogP contribution in [-0.2, 0) is 11.3 Å². The third-order valence-corrected chi connectivity index (χ3v) is 4.49. The summed E-state index contributed by atoms with van der Waals surface area (Å²) in [4.78, 5) is 34.1. The molecule has 7 heteroatoms. The minimum Gasteiger partial charge on any atom is -0.353 e. The molecular formula is C18H23N5O2. The van der Waals surface area contributed by atoms with Gasteiger partial charge in [-0.25, -0.2) is 9.78 Å². The van der Waals surface area contributed by atoms with Gasteiger partial charge in [0.25, 0.3) is 0 Å². The van der Waals surface area contributed by atoms with Gasteiger partial charge in [-0.05, 0) is 43.6 Å². The number of piperidine rings is 1. The fourth-order valence-electron chi connectivity index (χ4n) is 3.19. The number of amides is 1. The van der Waals surface area contributed by atoms with Crippen LogP contribution >= 0.6 is 0 Å². The summed E-state index contributed by atoms with van der Waals surface area (Å²) in [5.41, 5.74) is 0.681. The Morgan fingerprint density at radius 3 is 2.76 bits per heavy atom. The summed E-state index contributed by atoms with van der Waals surface area (Å²) in [6.07, 6.45) is 10.2. The van der Waals surface area contributed by atoms with Gasteiger partial charge in [0.05, 0.1) is 6.04 Å². The fraction of sp³-hybridized carbons (Fsp3) is 0.444. The van der Waals surface area contributed by atoms with Gasteiger partial charge in [-0.1, -0.05) is 12.5 Å². The topological polar surface area (TPSA) is 80.1 Å². The predicted molar refractivity (Wildman–Crippen MR) is 93.9 cm³/mol. The summed E-state index contributed by atoms with van der Waals surface area (Å²) in [6, 6.07) is 5.71. The van der Waals surface area contributed by atoms with Gasteiger partial charge >= 0.3 is 5.69 Å². The fourth-order valence-corrected chi connectivity index (χ4v) is 3.19. The molecule has 1 saturated heterocycles. The Kier molecular flexibility index (Phi) is 5.90. The van der Waals surface area contributed by atoms with Gasteiger partial charge in [-0.2, -0.15) is 0 Å². The Balaban J connectivity index is 1.65. The van der Waals surface area contributed by atoms with Crippen LogP contribution in [0.1, 0.15) is 30.9 Å². The normalized spacial score (nSPS) is 16.3. The van der Waals surface area contributed by atoms with Crippen molar-refractivity contribution in [3.8, 4) is 0 Å². The van der Waals surface area contributed by atoms with E-state index >= 15 is 0 Å². The lowest BCUT2D eigenvalue weighted by Crippen LogP contribution is -2.42. The molecule has 25 heavy (non-hydrogen) atoms. The van der Waals surface area contributed by atoms with E-state index in [0.717, 1.165) is 18.7 Å². The Labute approximate surface area is 146 Å². The van der Waals surface area contributed by atoms with E-state index in [4.69, 9.17) is 0 Å². The van der Waals surface area contributed by atoms with Crippen LogP contribution < -0.4 is 11.0 Å². The number of hydrogen-bond donors (Lipinski definition) is 1. The van der Waals surface area contributed by atoms with Crippen molar-refractivity contribution in [3.05, 3.63) is 59.0 Å². The highest BCUT2D eigenvalue weighted by Crippen LogP contribution is 2.23. The van der Waals surface area contributed by atoms with E-state index in [1.165, 1.54) is 30.0 Å². The first kappa shape index (κ1) is 17.3. The van der Waals surface area contributed by atoms with Crippen molar-refractivity contribution >= 4 is 5.91 Å². The highest BCUT2D eigenvalue weighted by molar-refractivity contribution is 5.75. The second kappa shape index (κ2) is 8.53. The lowest BCUT2D eigenvalue weighted by Gasteiger charge is -2.34. The zero-order chi connectivity index (χ0) is 17.5. The lowest BCUT2D eigenvalue weighted by atomic mass is 10.0. The molecule has 132 valence electrons. The summed E-state index contributed by atoms with van der Waals surface area (Å²) in [5.74, 6) is -0.194. The minimum atomic E-state index is -0.419. The molecule has 1 amide bonds. The second-order valence-electron chi connectivity index (χ2n) is 6.23. The molecule has 0 radical (unpaired) electrons. The Morgan fingerprint density at radius 2 is 2.04 bits per heavy atom. The van der Waals surface area contributed by atoms with Crippen LogP contribution in [0.2, 0.25) is 0 Å². The Hall–Kier alpha value is -2.54. The molecular weight excluding hydrogens is 318 g/mol. The van der Waals surface area contributed by atoms with Gasteiger partial charge in [0.1, 0.15) is 6.54 Å². The number of likely N-dealkylation sites (tertiary alicyclic amines) is 1. The van der Waals surface area contributed by atoms with Crippen LogP contribution in [0.3, 0.4) is 0 Å². The van der Waals surface area contributed by atoms with Gasteiger partial charge in [-0.15, -0.1) is 0 Å². The molecule has 1 aliphatic heterocycles. The molecule has 0 spiro atoms. The number of nitrogens with zero attached hydrogens (tertiary/aromatic N) is 4. The summed E-state index contributed by atoms with van der Waals surface area (Å²) >= 11 is 0. The number of rotatable bonds is 6. The van der Waals surface area contributed by atoms with Crippen LogP contribution in [-0.4, -0.2) is 45.0 Å². The maximum absolute atomic E-state index is 12.3. The van der Waals surface area contributed by atoms with Gasteiger partial charge in [0, 0.05) is 31.3 Å². The monoisotopic (exact) mass is 341 g/mol. The van der Waals surface area contributed by atoms with Crippen molar-refractivity contribution < 1.29 is 4.79 Å². The molecule has 1 N–H and O–H groups in total. The molecule has 1 atom stereocenters. The zero-order valence-electron chi connectivity index (χ0n) is 14.2. The Morgan fingerprint density at radius 1 is 1.20 bits per heavy atom. The van der Waals surface area contributed by atoms with E-state index in [2.05, 4.69) is 20.2 Å². The minimum absolute atomic E-state index is 0.0214. The van der Waals surface area contributed by atoms with Crippen LogP contribution in [0.4, 0.5) is 0 Å². The maximum atomic E-state index is 12.3. The second-order valence-corrected chi connectivity index (χ2v) is 6.23. The molecule has 0 aromatic carbocycles. The van der Waals surface area contributed by atoms with E-state index in [0.29, 0.717) is 6.54 Å². The number of carbonyl (C=O) groups is 1. The molecule has 2 aromatic rings. The van der Waals surface area contributed by atoms with E-state index in [9.17, 15) is 9.59 Å². The first-order valence-electron chi connectivity index (χ1n) is 8.66. The number of pyridine rings is 1. The quantitative estimate of drug-likeness (QED) is 0.847. The summed E-state index contributed by atoms with van der Waals surface area (Å²) in [5, 5.41) is 2.96. The zero-order valence-corrected chi connectivity index (χ0v) is 14.2. The van der Waals surface area contributed by atoms with E-state index in [-0.39, 0.29) is 18.5 Å². The molecule has 1 fully saturated rings. The van der Waals surface area contributed by atoms with E-state index < -0.39 is 5.69 Å². The third-order valence-electron chi connectivity index (χ3n) is 4.49. The van der Waals surface area contributed by atoms with Crippen LogP contribution in [0, 0.1) is 0 Å². The molecule has 0 bridgehead atoms. The molecule has 3 heterocycles. The van der Waals surface area contributed by atoms with Gasteiger partial charge < -0.3 is 5.32 Å². The van der Waals surface area contributed by atoms with Gasteiger partial charge in [0.2, 0.25) is 5.91 Å². The largest absolute Gasteiger partial charge is 0.353 e. The van der Waals surface area contributed by atoms with Crippen molar-refractivity contribution in [2.75, 3.05) is 19.6 Å². The summed E-state index contributed by atoms with van der Waals surface area (Å²) < 4.78 is 1.30. The highest BCUT2D eigenvalue weighted by atomic mass is 16.2. The third kappa shape index (κ3) is 4.73. The van der Waals surface area contributed by atoms with E-state index in [1.807, 2.05) is 18.3 Å². The van der Waals surface area contributed by atoms with Crippen molar-refractivity contribution in [3.63, 3.8) is 0 Å². The molecule has 0 aliphatic carbocycles. The number of nitrogens with one attached hydrogen (secondary N) is 1. The molecule has 0 saturated carbocycles. The van der Waals surface area contributed by atoms with Crippen molar-refractivity contribution in [2.24, 2.45) is 0 Å². The number of hydrogen-bond acceptors (Lipinski definition) is 5. The Bertz CT molecular complexity index is 740. The summed E-state index contributed by atoms with van der Waals surface area (Å²) in [6.45, 7) is 2.53. The highest BCUT2D eigenvalue weighted by Gasteiger charge is 2.23.